The molecule has 1 aromatic heterocycles. The normalized spacial score (nSPS) is 16.5. The molecule has 25 heavy (non-hydrogen) atoms. The number of aromatic nitrogens is 2. The fourth-order valence-corrected chi connectivity index (χ4v) is 3.10. The van der Waals surface area contributed by atoms with Crippen molar-refractivity contribution >= 4 is 22.3 Å². The van der Waals surface area contributed by atoms with Gasteiger partial charge in [0, 0.05) is 23.9 Å². The molecule has 0 amide bonds. The average molecular weight is 333 g/mol. The van der Waals surface area contributed by atoms with Gasteiger partial charge in [-0.1, -0.05) is 30.3 Å². The Morgan fingerprint density at radius 1 is 1.16 bits per heavy atom. The fraction of sp³-hybridized carbons (Fsp3) is 0.167. The third-order valence-corrected chi connectivity index (χ3v) is 4.43. The van der Waals surface area contributed by atoms with Gasteiger partial charge in [-0.05, 0) is 24.1 Å². The van der Waals surface area contributed by atoms with E-state index in [1.54, 1.807) is 12.1 Å². The Kier molecular flexibility index (Phi) is 3.61. The molecule has 1 aliphatic rings. The van der Waals surface area contributed by atoms with Crippen LogP contribution in [0.15, 0.2) is 53.6 Å². The second-order valence-electron chi connectivity index (χ2n) is 5.99. The van der Waals surface area contributed by atoms with Crippen LogP contribution < -0.4 is 5.43 Å². The summed E-state index contributed by atoms with van der Waals surface area (Å²) in [4.78, 5) is 10.6. The second-order valence-corrected chi connectivity index (χ2v) is 5.99. The van der Waals surface area contributed by atoms with Crippen LogP contribution in [0.25, 0.3) is 10.9 Å². The summed E-state index contributed by atoms with van der Waals surface area (Å²) >= 11 is 0. The number of aryl methyl sites for hydroxylation is 1. The van der Waals surface area contributed by atoms with Gasteiger partial charge in [-0.25, -0.2) is 0 Å². The molecule has 2 heterocycles. The number of hydrogen-bond acceptors (Lipinski definition) is 6. The van der Waals surface area contributed by atoms with Crippen molar-refractivity contribution in [2.24, 2.45) is 5.10 Å². The number of non-ortho nitro benzene ring substituents is 1. The van der Waals surface area contributed by atoms with Crippen molar-refractivity contribution in [1.29, 1.82) is 0 Å². The topological polar surface area (TPSA) is 93.3 Å². The maximum absolute atomic E-state index is 11.0. The van der Waals surface area contributed by atoms with Crippen LogP contribution in [0.2, 0.25) is 0 Å². The molecule has 0 saturated carbocycles. The van der Waals surface area contributed by atoms with Gasteiger partial charge in [0.25, 0.3) is 5.69 Å². The molecule has 2 aromatic carbocycles. The largest absolute Gasteiger partial charge is 0.302 e. The third kappa shape index (κ3) is 2.69. The highest BCUT2D eigenvalue weighted by Gasteiger charge is 2.25. The van der Waals surface area contributed by atoms with Gasteiger partial charge in [-0.15, -0.1) is 10.2 Å². The van der Waals surface area contributed by atoms with Gasteiger partial charge in [0.1, 0.15) is 5.69 Å². The van der Waals surface area contributed by atoms with Crippen LogP contribution in [0.5, 0.6) is 0 Å². The third-order valence-electron chi connectivity index (χ3n) is 4.43. The molecule has 1 N–H and O–H groups in total. The quantitative estimate of drug-likeness (QED) is 0.586. The number of nitro benzene ring substituents is 1. The van der Waals surface area contributed by atoms with Gasteiger partial charge in [0.05, 0.1) is 22.2 Å². The minimum absolute atomic E-state index is 0.0782. The Morgan fingerprint density at radius 2 is 2.00 bits per heavy atom. The Morgan fingerprint density at radius 3 is 2.84 bits per heavy atom. The standard InChI is InChI=1S/C18H15N5O2/c1-11-14-7-2-3-8-15(14)19-22-18(11)17-10-16(20-21-17)12-5-4-6-13(9-12)23(24)25/h2-9,16,20H,10H2,1H3. The van der Waals surface area contributed by atoms with Crippen LogP contribution in [0.3, 0.4) is 0 Å². The number of fused-ring (bicyclic) bond motifs is 1. The van der Waals surface area contributed by atoms with E-state index in [2.05, 4.69) is 20.7 Å². The first-order valence-electron chi connectivity index (χ1n) is 7.92. The molecule has 0 aliphatic carbocycles. The van der Waals surface area contributed by atoms with Gasteiger partial charge in [-0.2, -0.15) is 5.10 Å². The van der Waals surface area contributed by atoms with Crippen LogP contribution in [0, 0.1) is 17.0 Å². The molecule has 4 rings (SSSR count). The number of hydrazone groups is 1. The minimum Gasteiger partial charge on any atom is -0.302 e. The predicted molar refractivity (Wildman–Crippen MR) is 94.4 cm³/mol. The number of nitrogens with zero attached hydrogens (tertiary/aromatic N) is 4. The molecule has 1 atom stereocenters. The van der Waals surface area contributed by atoms with E-state index in [1.165, 1.54) is 6.07 Å². The molecule has 7 heteroatoms. The molecule has 0 radical (unpaired) electrons. The van der Waals surface area contributed by atoms with E-state index >= 15 is 0 Å². The maximum Gasteiger partial charge on any atom is 0.269 e. The molecule has 0 fully saturated rings. The molecule has 1 unspecified atom stereocenters. The van der Waals surface area contributed by atoms with E-state index < -0.39 is 0 Å². The summed E-state index contributed by atoms with van der Waals surface area (Å²) in [6.07, 6.45) is 0.606. The molecule has 0 bridgehead atoms. The monoisotopic (exact) mass is 333 g/mol. The summed E-state index contributed by atoms with van der Waals surface area (Å²) < 4.78 is 0. The molecular formula is C18H15N5O2. The lowest BCUT2D eigenvalue weighted by atomic mass is 9.98. The van der Waals surface area contributed by atoms with E-state index in [1.807, 2.05) is 37.3 Å². The van der Waals surface area contributed by atoms with Crippen LogP contribution in [-0.4, -0.2) is 20.8 Å². The number of benzene rings is 2. The first-order chi connectivity index (χ1) is 12.1. The zero-order valence-electron chi connectivity index (χ0n) is 13.5. The highest BCUT2D eigenvalue weighted by Crippen LogP contribution is 2.28. The van der Waals surface area contributed by atoms with E-state index in [9.17, 15) is 10.1 Å². The summed E-state index contributed by atoms with van der Waals surface area (Å²) in [6.45, 7) is 2.01. The number of nitro groups is 1. The summed E-state index contributed by atoms with van der Waals surface area (Å²) in [6, 6.07) is 14.4. The average Bonchev–Trinajstić information content (AvgIpc) is 3.12. The maximum atomic E-state index is 11.0. The Bertz CT molecular complexity index is 1020. The van der Waals surface area contributed by atoms with Gasteiger partial charge in [0.15, 0.2) is 0 Å². The van der Waals surface area contributed by atoms with Gasteiger partial charge in [-0.3, -0.25) is 10.1 Å². The number of rotatable bonds is 3. The van der Waals surface area contributed by atoms with Crippen molar-refractivity contribution in [3.63, 3.8) is 0 Å². The summed E-state index contributed by atoms with van der Waals surface area (Å²) in [5, 5.41) is 25.0. The van der Waals surface area contributed by atoms with Crippen molar-refractivity contribution < 1.29 is 4.92 Å². The highest BCUT2D eigenvalue weighted by molar-refractivity contribution is 6.04. The first-order valence-corrected chi connectivity index (χ1v) is 7.92. The van der Waals surface area contributed by atoms with Gasteiger partial charge < -0.3 is 5.43 Å². The van der Waals surface area contributed by atoms with Crippen molar-refractivity contribution in [2.75, 3.05) is 0 Å². The van der Waals surface area contributed by atoms with Crippen LogP contribution in [0.4, 0.5) is 5.69 Å². The second kappa shape index (κ2) is 5.94. The molecule has 0 spiro atoms. The molecule has 124 valence electrons. The van der Waals surface area contributed by atoms with E-state index in [4.69, 9.17) is 0 Å². The van der Waals surface area contributed by atoms with Crippen molar-refractivity contribution in [1.82, 2.24) is 15.6 Å². The Balaban J connectivity index is 1.64. The Labute approximate surface area is 143 Å². The van der Waals surface area contributed by atoms with Crippen LogP contribution in [0.1, 0.15) is 29.3 Å². The van der Waals surface area contributed by atoms with Crippen LogP contribution in [-0.2, 0) is 0 Å². The zero-order valence-corrected chi connectivity index (χ0v) is 13.5. The summed E-state index contributed by atoms with van der Waals surface area (Å²) in [7, 11) is 0. The highest BCUT2D eigenvalue weighted by atomic mass is 16.6. The minimum atomic E-state index is -0.390. The predicted octanol–water partition coefficient (Wildman–Crippen LogP) is 3.29. The smallest absolute Gasteiger partial charge is 0.269 e. The van der Waals surface area contributed by atoms with Gasteiger partial charge >= 0.3 is 0 Å². The lowest BCUT2D eigenvalue weighted by Gasteiger charge is -2.10. The van der Waals surface area contributed by atoms with Crippen LogP contribution >= 0.6 is 0 Å². The molecular weight excluding hydrogens is 318 g/mol. The van der Waals surface area contributed by atoms with Crippen molar-refractivity contribution in [3.8, 4) is 0 Å². The van der Waals surface area contributed by atoms with Crippen molar-refractivity contribution in [2.45, 2.75) is 19.4 Å². The molecule has 7 nitrogen and oxygen atoms in total. The SMILES string of the molecule is Cc1c(C2=NNC(c3cccc([N+](=O)[O-])c3)C2)nnc2ccccc12. The Hall–Kier alpha value is -3.35. The fourth-order valence-electron chi connectivity index (χ4n) is 3.10. The van der Waals surface area contributed by atoms with Gasteiger partial charge in [0.2, 0.25) is 0 Å². The molecule has 3 aromatic rings. The lowest BCUT2D eigenvalue weighted by molar-refractivity contribution is -0.384. The van der Waals surface area contributed by atoms with E-state index in [0.29, 0.717) is 6.42 Å². The number of nitrogens with one attached hydrogen (secondary N) is 1. The molecule has 1 aliphatic heterocycles. The zero-order chi connectivity index (χ0) is 17.4. The van der Waals surface area contributed by atoms with E-state index in [0.717, 1.165) is 33.4 Å². The van der Waals surface area contributed by atoms with Crippen molar-refractivity contribution in [3.05, 3.63) is 75.5 Å². The lowest BCUT2D eigenvalue weighted by Crippen LogP contribution is -2.11. The first kappa shape index (κ1) is 15.2. The number of hydrogen-bond donors (Lipinski definition) is 1. The summed E-state index contributed by atoms with van der Waals surface area (Å²) in [5.74, 6) is 0. The summed E-state index contributed by atoms with van der Waals surface area (Å²) in [5.41, 5.74) is 7.43. The van der Waals surface area contributed by atoms with E-state index in [-0.39, 0.29) is 16.7 Å². The molecule has 0 saturated heterocycles.